The normalized spacial score (nSPS) is 23.1. The van der Waals surface area contributed by atoms with E-state index in [4.69, 9.17) is 0 Å². The molecule has 0 aromatic carbocycles. The summed E-state index contributed by atoms with van der Waals surface area (Å²) in [6.45, 7) is 0. The van der Waals surface area contributed by atoms with Gasteiger partial charge in [0.2, 0.25) is 0 Å². The van der Waals surface area contributed by atoms with Gasteiger partial charge in [-0.25, -0.2) is 4.98 Å². The molecule has 2 aliphatic rings. The van der Waals surface area contributed by atoms with Gasteiger partial charge in [0, 0.05) is 6.04 Å². The molecule has 3 rings (SSSR count). The summed E-state index contributed by atoms with van der Waals surface area (Å²) in [7, 11) is 0. The molecule has 2 saturated carbocycles. The molecule has 17 heavy (non-hydrogen) atoms. The fraction of sp³-hybridized carbons (Fsp3) is 0.786. The number of nitrogens with zero attached hydrogens (tertiary/aromatic N) is 2. The summed E-state index contributed by atoms with van der Waals surface area (Å²) in [6.07, 6.45) is 13.5. The fourth-order valence-corrected chi connectivity index (χ4v) is 3.07. The molecule has 1 heterocycles. The largest absolute Gasteiger partial charge is 0.387 e. The lowest BCUT2D eigenvalue weighted by Gasteiger charge is -2.15. The van der Waals surface area contributed by atoms with Gasteiger partial charge in [0.05, 0.1) is 24.3 Å². The average Bonchev–Trinajstić information content (AvgIpc) is 2.88. The summed E-state index contributed by atoms with van der Waals surface area (Å²) in [5.74, 6) is 0.863. The van der Waals surface area contributed by atoms with Crippen LogP contribution >= 0.6 is 0 Å². The van der Waals surface area contributed by atoms with Crippen LogP contribution in [0.3, 0.4) is 0 Å². The lowest BCUT2D eigenvalue weighted by molar-refractivity contribution is 0.148. The van der Waals surface area contributed by atoms with Crippen molar-refractivity contribution >= 4 is 0 Å². The SMILES string of the molecule is OC(CCC1CCCC1)c1cncn1C1CC1. The van der Waals surface area contributed by atoms with Crippen LogP contribution in [0, 0.1) is 5.92 Å². The zero-order valence-corrected chi connectivity index (χ0v) is 10.4. The Labute approximate surface area is 103 Å². The summed E-state index contributed by atoms with van der Waals surface area (Å²) < 4.78 is 2.18. The summed E-state index contributed by atoms with van der Waals surface area (Å²) >= 11 is 0. The monoisotopic (exact) mass is 234 g/mol. The van der Waals surface area contributed by atoms with E-state index < -0.39 is 0 Å². The van der Waals surface area contributed by atoms with Gasteiger partial charge in [0.25, 0.3) is 0 Å². The second-order valence-corrected chi connectivity index (χ2v) is 5.70. The molecular weight excluding hydrogens is 212 g/mol. The van der Waals surface area contributed by atoms with Gasteiger partial charge in [-0.3, -0.25) is 0 Å². The van der Waals surface area contributed by atoms with Crippen LogP contribution in [-0.2, 0) is 0 Å². The van der Waals surface area contributed by atoms with Crippen molar-refractivity contribution in [3.05, 3.63) is 18.2 Å². The van der Waals surface area contributed by atoms with E-state index in [9.17, 15) is 5.11 Å². The Morgan fingerprint density at radius 3 is 2.76 bits per heavy atom. The maximum atomic E-state index is 10.3. The van der Waals surface area contributed by atoms with Crippen LogP contribution in [0.1, 0.15) is 69.2 Å². The first-order chi connectivity index (χ1) is 8.34. The van der Waals surface area contributed by atoms with Gasteiger partial charge in [-0.2, -0.15) is 0 Å². The molecule has 2 aliphatic carbocycles. The van der Waals surface area contributed by atoms with E-state index in [0.29, 0.717) is 6.04 Å². The molecule has 0 spiro atoms. The third-order valence-electron chi connectivity index (χ3n) is 4.30. The lowest BCUT2D eigenvalue weighted by Crippen LogP contribution is -2.07. The topological polar surface area (TPSA) is 38.1 Å². The molecule has 94 valence electrons. The average molecular weight is 234 g/mol. The van der Waals surface area contributed by atoms with Crippen LogP contribution in [0.15, 0.2) is 12.5 Å². The smallest absolute Gasteiger partial charge is 0.0956 e. The maximum absolute atomic E-state index is 10.3. The predicted octanol–water partition coefficient (Wildman–Crippen LogP) is 3.22. The first-order valence-corrected chi connectivity index (χ1v) is 7.04. The summed E-state index contributed by atoms with van der Waals surface area (Å²) in [5, 5.41) is 10.3. The zero-order valence-electron chi connectivity index (χ0n) is 10.4. The second-order valence-electron chi connectivity index (χ2n) is 5.70. The van der Waals surface area contributed by atoms with E-state index in [-0.39, 0.29) is 6.10 Å². The molecular formula is C14H22N2O. The number of hydrogen-bond donors (Lipinski definition) is 1. The first kappa shape index (κ1) is 11.3. The Balaban J connectivity index is 1.56. The van der Waals surface area contributed by atoms with Crippen LogP contribution in [0.4, 0.5) is 0 Å². The molecule has 1 aromatic heterocycles. The Kier molecular flexibility index (Phi) is 3.19. The van der Waals surface area contributed by atoms with Crippen molar-refractivity contribution in [3.63, 3.8) is 0 Å². The number of hydrogen-bond acceptors (Lipinski definition) is 2. The molecule has 2 fully saturated rings. The quantitative estimate of drug-likeness (QED) is 0.849. The standard InChI is InChI=1S/C14H22N2O/c17-14(8-5-11-3-1-2-4-11)13-9-15-10-16(13)12-6-7-12/h9-12,14,17H,1-8H2. The summed E-state index contributed by atoms with van der Waals surface area (Å²) in [6, 6.07) is 0.619. The van der Waals surface area contributed by atoms with E-state index in [1.807, 2.05) is 12.5 Å². The highest BCUT2D eigenvalue weighted by molar-refractivity contribution is 5.06. The van der Waals surface area contributed by atoms with E-state index in [2.05, 4.69) is 9.55 Å². The van der Waals surface area contributed by atoms with Gasteiger partial charge >= 0.3 is 0 Å². The van der Waals surface area contributed by atoms with Crippen molar-refractivity contribution in [1.29, 1.82) is 0 Å². The van der Waals surface area contributed by atoms with E-state index >= 15 is 0 Å². The summed E-state index contributed by atoms with van der Waals surface area (Å²) in [5.41, 5.74) is 1.03. The van der Waals surface area contributed by atoms with Crippen LogP contribution in [-0.4, -0.2) is 14.7 Å². The molecule has 0 aliphatic heterocycles. The minimum atomic E-state index is -0.307. The van der Waals surface area contributed by atoms with Crippen LogP contribution in [0.25, 0.3) is 0 Å². The van der Waals surface area contributed by atoms with Gasteiger partial charge in [0.15, 0.2) is 0 Å². The molecule has 0 saturated heterocycles. The van der Waals surface area contributed by atoms with Crippen molar-refractivity contribution < 1.29 is 5.11 Å². The van der Waals surface area contributed by atoms with Gasteiger partial charge in [-0.15, -0.1) is 0 Å². The minimum Gasteiger partial charge on any atom is -0.387 e. The number of rotatable bonds is 5. The fourth-order valence-electron chi connectivity index (χ4n) is 3.07. The van der Waals surface area contributed by atoms with Crippen molar-refractivity contribution in [3.8, 4) is 0 Å². The van der Waals surface area contributed by atoms with Gasteiger partial charge in [-0.05, 0) is 31.6 Å². The Morgan fingerprint density at radius 2 is 2.06 bits per heavy atom. The predicted molar refractivity (Wildman–Crippen MR) is 66.6 cm³/mol. The molecule has 1 N–H and O–H groups in total. The van der Waals surface area contributed by atoms with Crippen molar-refractivity contribution in [1.82, 2.24) is 9.55 Å². The third-order valence-corrected chi connectivity index (χ3v) is 4.30. The number of imidazole rings is 1. The second kappa shape index (κ2) is 4.81. The Hall–Kier alpha value is -0.830. The first-order valence-electron chi connectivity index (χ1n) is 7.04. The summed E-state index contributed by atoms with van der Waals surface area (Å²) in [4.78, 5) is 4.19. The van der Waals surface area contributed by atoms with Crippen molar-refractivity contribution in [2.45, 2.75) is 63.5 Å². The molecule has 3 heteroatoms. The van der Waals surface area contributed by atoms with Gasteiger partial charge in [-0.1, -0.05) is 25.7 Å². The number of aliphatic hydroxyl groups excluding tert-OH is 1. The number of aromatic nitrogens is 2. The molecule has 1 atom stereocenters. The van der Waals surface area contributed by atoms with Crippen molar-refractivity contribution in [2.24, 2.45) is 5.92 Å². The molecule has 3 nitrogen and oxygen atoms in total. The van der Waals surface area contributed by atoms with Gasteiger partial charge < -0.3 is 9.67 Å². The molecule has 0 radical (unpaired) electrons. The van der Waals surface area contributed by atoms with E-state index in [1.54, 1.807) is 0 Å². The number of aliphatic hydroxyl groups is 1. The van der Waals surface area contributed by atoms with E-state index in [0.717, 1.165) is 18.0 Å². The minimum absolute atomic E-state index is 0.307. The molecule has 0 amide bonds. The maximum Gasteiger partial charge on any atom is 0.0956 e. The van der Waals surface area contributed by atoms with Crippen LogP contribution in [0.5, 0.6) is 0 Å². The van der Waals surface area contributed by atoms with Crippen LogP contribution < -0.4 is 0 Å². The van der Waals surface area contributed by atoms with Crippen molar-refractivity contribution in [2.75, 3.05) is 0 Å². The Bertz CT molecular complexity index is 364. The van der Waals surface area contributed by atoms with E-state index in [1.165, 1.54) is 44.9 Å². The van der Waals surface area contributed by atoms with Gasteiger partial charge in [0.1, 0.15) is 0 Å². The zero-order chi connectivity index (χ0) is 11.7. The highest BCUT2D eigenvalue weighted by Crippen LogP contribution is 2.38. The molecule has 1 aromatic rings. The molecule has 0 bridgehead atoms. The highest BCUT2D eigenvalue weighted by Gasteiger charge is 2.27. The lowest BCUT2D eigenvalue weighted by atomic mass is 9.98. The highest BCUT2D eigenvalue weighted by atomic mass is 16.3. The third kappa shape index (κ3) is 2.54. The Morgan fingerprint density at radius 1 is 1.29 bits per heavy atom. The van der Waals surface area contributed by atoms with Crippen LogP contribution in [0.2, 0.25) is 0 Å². The molecule has 1 unspecified atom stereocenters.